The summed E-state index contributed by atoms with van der Waals surface area (Å²) in [6.45, 7) is 0. The molecule has 0 unspecified atom stereocenters. The highest BCUT2D eigenvalue weighted by molar-refractivity contribution is 6.24. The van der Waals surface area contributed by atoms with Crippen molar-refractivity contribution >= 4 is 86.8 Å². The van der Waals surface area contributed by atoms with Crippen molar-refractivity contribution in [2.24, 2.45) is 0 Å². The van der Waals surface area contributed by atoms with E-state index >= 15 is 0 Å². The molecule has 0 aliphatic rings. The summed E-state index contributed by atoms with van der Waals surface area (Å²) in [5, 5.41) is 13.9. The number of rotatable bonds is 4. The molecule has 10 aromatic carbocycles. The highest BCUT2D eigenvalue weighted by Gasteiger charge is 2.22. The fraction of sp³-hybridized carbons (Fsp3) is 0. The molecule has 0 N–H and O–H groups in total. The predicted molar refractivity (Wildman–Crippen MR) is 248 cm³/mol. The van der Waals surface area contributed by atoms with Gasteiger partial charge < -0.3 is 8.98 Å². The third-order valence-electron chi connectivity index (χ3n) is 12.1. The number of hydrogen-bond acceptors (Lipinski definition) is 4. The Labute approximate surface area is 343 Å². The van der Waals surface area contributed by atoms with Crippen LogP contribution in [0.3, 0.4) is 0 Å². The topological polar surface area (TPSA) is 56.7 Å². The molecule has 0 radical (unpaired) electrons. The molecule has 0 atom stereocenters. The molecule has 13 rings (SSSR count). The largest absolute Gasteiger partial charge is 0.455 e. The Morgan fingerprint density at radius 1 is 0.367 bits per heavy atom. The molecule has 5 heteroatoms. The maximum absolute atomic E-state index is 6.80. The second-order valence-electron chi connectivity index (χ2n) is 15.6. The molecule has 0 fully saturated rings. The molecular weight excluding hydrogens is 733 g/mol. The van der Waals surface area contributed by atoms with Gasteiger partial charge in [0.2, 0.25) is 0 Å². The average molecular weight is 765 g/mol. The minimum Gasteiger partial charge on any atom is -0.455 e. The van der Waals surface area contributed by atoms with E-state index in [1.54, 1.807) is 0 Å². The zero-order valence-electron chi connectivity index (χ0n) is 32.2. The first-order valence-electron chi connectivity index (χ1n) is 20.3. The van der Waals surface area contributed by atoms with Crippen LogP contribution in [0.5, 0.6) is 0 Å². The van der Waals surface area contributed by atoms with Crippen LogP contribution in [-0.2, 0) is 0 Å². The van der Waals surface area contributed by atoms with Gasteiger partial charge in [-0.15, -0.1) is 0 Å². The van der Waals surface area contributed by atoms with Gasteiger partial charge in [0.25, 0.3) is 0 Å². The number of hydrogen-bond donors (Lipinski definition) is 0. The van der Waals surface area contributed by atoms with Crippen molar-refractivity contribution in [3.8, 4) is 39.9 Å². The third-order valence-corrected chi connectivity index (χ3v) is 12.1. The van der Waals surface area contributed by atoms with E-state index in [-0.39, 0.29) is 0 Å². The van der Waals surface area contributed by atoms with Crippen molar-refractivity contribution in [1.82, 2.24) is 19.5 Å². The Morgan fingerprint density at radius 2 is 1.00 bits per heavy atom. The first-order valence-corrected chi connectivity index (χ1v) is 20.3. The van der Waals surface area contributed by atoms with Crippen molar-refractivity contribution in [3.63, 3.8) is 0 Å². The van der Waals surface area contributed by atoms with Gasteiger partial charge in [0, 0.05) is 43.7 Å². The predicted octanol–water partition coefficient (Wildman–Crippen LogP) is 14.5. The molecular formula is C55H32N4O. The van der Waals surface area contributed by atoms with Crippen molar-refractivity contribution < 1.29 is 4.42 Å². The molecule has 0 amide bonds. The lowest BCUT2D eigenvalue weighted by Gasteiger charge is -2.13. The van der Waals surface area contributed by atoms with Crippen LogP contribution in [0.15, 0.2) is 199 Å². The van der Waals surface area contributed by atoms with Gasteiger partial charge >= 0.3 is 0 Å². The molecule has 60 heavy (non-hydrogen) atoms. The number of nitrogens with zero attached hydrogens (tertiary/aromatic N) is 4. The maximum Gasteiger partial charge on any atom is 0.167 e. The van der Waals surface area contributed by atoms with Gasteiger partial charge in [-0.25, -0.2) is 15.0 Å². The van der Waals surface area contributed by atoms with Crippen molar-refractivity contribution in [2.45, 2.75) is 0 Å². The fourth-order valence-electron chi connectivity index (χ4n) is 9.33. The Balaban J connectivity index is 1.12. The van der Waals surface area contributed by atoms with Crippen LogP contribution in [0.4, 0.5) is 0 Å². The van der Waals surface area contributed by atoms with E-state index < -0.39 is 0 Å². The van der Waals surface area contributed by atoms with Gasteiger partial charge in [-0.05, 0) is 80.2 Å². The lowest BCUT2D eigenvalue weighted by Crippen LogP contribution is -2.00. The zero-order valence-corrected chi connectivity index (χ0v) is 32.2. The van der Waals surface area contributed by atoms with E-state index in [4.69, 9.17) is 19.4 Å². The summed E-state index contributed by atoms with van der Waals surface area (Å²) in [5.74, 6) is 1.76. The van der Waals surface area contributed by atoms with Crippen LogP contribution in [-0.4, -0.2) is 19.5 Å². The lowest BCUT2D eigenvalue weighted by molar-refractivity contribution is 0.670. The van der Waals surface area contributed by atoms with Gasteiger partial charge in [0.1, 0.15) is 11.2 Å². The summed E-state index contributed by atoms with van der Waals surface area (Å²) in [4.78, 5) is 15.6. The maximum atomic E-state index is 6.80. The summed E-state index contributed by atoms with van der Waals surface area (Å²) in [6, 6.07) is 68.8. The van der Waals surface area contributed by atoms with Crippen LogP contribution >= 0.6 is 0 Å². The Hall–Kier alpha value is -8.15. The second-order valence-corrected chi connectivity index (χ2v) is 15.6. The number of benzene rings is 10. The Bertz CT molecular complexity index is 3900. The Morgan fingerprint density at radius 3 is 1.83 bits per heavy atom. The summed E-state index contributed by atoms with van der Waals surface area (Å²) >= 11 is 0. The molecule has 0 bridgehead atoms. The molecule has 0 saturated heterocycles. The van der Waals surface area contributed by atoms with Gasteiger partial charge in [-0.3, -0.25) is 0 Å². The van der Waals surface area contributed by atoms with Crippen molar-refractivity contribution in [3.05, 3.63) is 194 Å². The van der Waals surface area contributed by atoms with Gasteiger partial charge in [0.15, 0.2) is 17.5 Å². The summed E-state index contributed by atoms with van der Waals surface area (Å²) in [6.07, 6.45) is 0. The first kappa shape index (κ1) is 32.9. The first-order chi connectivity index (χ1) is 29.7. The van der Waals surface area contributed by atoms with E-state index in [9.17, 15) is 0 Å². The molecule has 5 nitrogen and oxygen atoms in total. The summed E-state index contributed by atoms with van der Waals surface area (Å²) in [7, 11) is 0. The minimum atomic E-state index is 0.553. The van der Waals surface area contributed by atoms with E-state index in [2.05, 4.69) is 156 Å². The number of furan rings is 1. The van der Waals surface area contributed by atoms with E-state index in [1.165, 1.54) is 43.4 Å². The molecule has 278 valence electrons. The fourth-order valence-corrected chi connectivity index (χ4v) is 9.33. The van der Waals surface area contributed by atoms with Gasteiger partial charge in [-0.1, -0.05) is 152 Å². The third kappa shape index (κ3) is 4.96. The molecule has 3 heterocycles. The molecule has 0 saturated carbocycles. The van der Waals surface area contributed by atoms with E-state index in [0.29, 0.717) is 17.5 Å². The van der Waals surface area contributed by atoms with Crippen LogP contribution in [0.1, 0.15) is 0 Å². The van der Waals surface area contributed by atoms with Crippen molar-refractivity contribution in [2.75, 3.05) is 0 Å². The summed E-state index contributed by atoms with van der Waals surface area (Å²) < 4.78 is 9.25. The normalized spacial score (nSPS) is 12.0. The quantitative estimate of drug-likeness (QED) is 0.179. The number of fused-ring (bicyclic) bond motifs is 12. The minimum absolute atomic E-state index is 0.553. The van der Waals surface area contributed by atoms with Crippen molar-refractivity contribution in [1.29, 1.82) is 0 Å². The van der Waals surface area contributed by atoms with Crippen LogP contribution in [0.2, 0.25) is 0 Å². The monoisotopic (exact) mass is 764 g/mol. The molecule has 3 aromatic heterocycles. The van der Waals surface area contributed by atoms with Crippen LogP contribution in [0.25, 0.3) is 127 Å². The Kier molecular flexibility index (Phi) is 6.95. The highest BCUT2D eigenvalue weighted by atomic mass is 16.3. The highest BCUT2D eigenvalue weighted by Crippen LogP contribution is 2.43. The molecule has 0 aliphatic heterocycles. The van der Waals surface area contributed by atoms with Crippen LogP contribution < -0.4 is 0 Å². The number of aromatic nitrogens is 4. The smallest absolute Gasteiger partial charge is 0.167 e. The second kappa shape index (κ2) is 12.7. The zero-order chi connectivity index (χ0) is 39.3. The standard InChI is InChI=1S/C55H32N4O/c1-2-14-35(15-3-1)53-56-54(39-23-22-33-12-4-5-16-36(33)28-39)58-55(57-53)47-31-40-29-41(25-27-42(40)50-45-20-10-11-21-49(45)60-52(47)50)59-48-32-38-18-7-6-17-37(38)30-46(48)44-26-24-34-13-8-9-19-43(34)51(44)59/h1-32H. The van der Waals surface area contributed by atoms with Gasteiger partial charge in [0.05, 0.1) is 16.6 Å². The van der Waals surface area contributed by atoms with Gasteiger partial charge in [-0.2, -0.15) is 0 Å². The molecule has 0 aliphatic carbocycles. The summed E-state index contributed by atoms with van der Waals surface area (Å²) in [5.41, 5.74) is 7.65. The number of para-hydroxylation sites is 1. The van der Waals surface area contributed by atoms with E-state index in [0.717, 1.165) is 65.9 Å². The molecule has 13 aromatic rings. The lowest BCUT2D eigenvalue weighted by atomic mass is 9.99. The van der Waals surface area contributed by atoms with Crippen LogP contribution in [0, 0.1) is 0 Å². The van der Waals surface area contributed by atoms with E-state index in [1.807, 2.05) is 42.5 Å². The average Bonchev–Trinajstić information content (AvgIpc) is 3.86. The molecule has 0 spiro atoms. The SMILES string of the molecule is c1ccc(-c2nc(-c3ccc4ccccc4c3)nc(-c3cc4cc(-n5c6cc7ccccc7cc6c6ccc7ccccc7c65)ccc4c4c3oc3ccccc34)n2)cc1.